The molecule has 0 saturated heterocycles. The van der Waals surface area contributed by atoms with Crippen LogP contribution in [0.3, 0.4) is 0 Å². The molecule has 0 unspecified atom stereocenters. The molecule has 2 heterocycles. The number of hydrogen-bond donors (Lipinski definition) is 2. The third-order valence-corrected chi connectivity index (χ3v) is 5.74. The number of benzene rings is 2. The zero-order valence-electron chi connectivity index (χ0n) is 15.9. The molecule has 2 aromatic carbocycles. The average molecular weight is 433 g/mol. The predicted molar refractivity (Wildman–Crippen MR) is 112 cm³/mol. The van der Waals surface area contributed by atoms with Crippen LogP contribution in [-0.2, 0) is 11.3 Å². The highest BCUT2D eigenvalue weighted by Gasteiger charge is 2.31. The molecule has 0 atom stereocenters. The maximum absolute atomic E-state index is 12.5. The first kappa shape index (κ1) is 19.0. The van der Waals surface area contributed by atoms with Gasteiger partial charge in [-0.1, -0.05) is 48.5 Å². The molecule has 2 N–H and O–H groups in total. The number of carbonyl (C=O) groups is 2. The minimum atomic E-state index is -1.11. The number of aromatic carboxylic acids is 1. The summed E-state index contributed by atoms with van der Waals surface area (Å²) in [6, 6.07) is 15.7. The summed E-state index contributed by atoms with van der Waals surface area (Å²) in [4.78, 5) is 31.7. The fraction of sp³-hybridized carbons (Fsp3) is 0.0909. The van der Waals surface area contributed by atoms with Crippen molar-refractivity contribution in [3.8, 4) is 21.8 Å². The zero-order valence-corrected chi connectivity index (χ0v) is 16.8. The maximum atomic E-state index is 12.5. The van der Waals surface area contributed by atoms with Crippen molar-refractivity contribution in [3.05, 3.63) is 82.9 Å². The van der Waals surface area contributed by atoms with E-state index >= 15 is 0 Å². The van der Waals surface area contributed by atoms with Gasteiger partial charge in [0, 0.05) is 16.5 Å². The van der Waals surface area contributed by atoms with Gasteiger partial charge in [0.2, 0.25) is 5.89 Å². The van der Waals surface area contributed by atoms with Gasteiger partial charge in [-0.05, 0) is 11.1 Å². The Bertz CT molecular complexity index is 1250. The van der Waals surface area contributed by atoms with Gasteiger partial charge in [0.1, 0.15) is 17.0 Å². The molecule has 154 valence electrons. The first-order chi connectivity index (χ1) is 15.1. The molecule has 1 aliphatic rings. The van der Waals surface area contributed by atoms with E-state index in [-0.39, 0.29) is 18.1 Å². The van der Waals surface area contributed by atoms with E-state index in [9.17, 15) is 9.59 Å². The molecule has 4 aromatic rings. The Hall–Kier alpha value is -3.98. The largest absolute Gasteiger partial charge is 0.476 e. The Labute approximate surface area is 180 Å². The normalized spacial score (nSPS) is 12.3. The molecule has 0 bridgehead atoms. The van der Waals surface area contributed by atoms with E-state index in [0.29, 0.717) is 10.7 Å². The van der Waals surface area contributed by atoms with Crippen LogP contribution in [-0.4, -0.2) is 27.1 Å². The van der Waals surface area contributed by atoms with Crippen molar-refractivity contribution in [1.29, 1.82) is 0 Å². The lowest BCUT2D eigenvalue weighted by molar-refractivity contribution is 0.0691. The highest BCUT2D eigenvalue weighted by Crippen LogP contribution is 2.45. The number of nitrogens with one attached hydrogen (secondary N) is 1. The Morgan fingerprint density at radius 1 is 1.06 bits per heavy atom. The smallest absolute Gasteiger partial charge is 0.408 e. The Kier molecular flexibility index (Phi) is 4.72. The summed E-state index contributed by atoms with van der Waals surface area (Å²) < 4.78 is 11.1. The van der Waals surface area contributed by atoms with Gasteiger partial charge in [-0.2, -0.15) is 0 Å². The van der Waals surface area contributed by atoms with Crippen LogP contribution >= 0.6 is 11.3 Å². The number of aromatic nitrogens is 2. The van der Waals surface area contributed by atoms with Crippen LogP contribution in [0.1, 0.15) is 33.6 Å². The minimum Gasteiger partial charge on any atom is -0.476 e. The number of nitrogens with zero attached hydrogens (tertiary/aromatic N) is 2. The summed E-state index contributed by atoms with van der Waals surface area (Å²) in [6.07, 6.45) is 0.284. The molecular weight excluding hydrogens is 418 g/mol. The molecule has 1 amide bonds. The first-order valence-electron chi connectivity index (χ1n) is 9.36. The summed E-state index contributed by atoms with van der Waals surface area (Å²) in [5.74, 6) is -0.850. The molecule has 8 nitrogen and oxygen atoms in total. The van der Waals surface area contributed by atoms with Crippen LogP contribution in [0.2, 0.25) is 0 Å². The molecular formula is C22H15N3O5S. The van der Waals surface area contributed by atoms with Gasteiger partial charge in [-0.15, -0.1) is 11.3 Å². The number of oxazole rings is 1. The van der Waals surface area contributed by atoms with Gasteiger partial charge in [0.15, 0.2) is 11.8 Å². The molecule has 1 aliphatic carbocycles. The fourth-order valence-corrected chi connectivity index (χ4v) is 4.26. The van der Waals surface area contributed by atoms with Crippen molar-refractivity contribution in [2.75, 3.05) is 0 Å². The molecule has 5 rings (SSSR count). The van der Waals surface area contributed by atoms with E-state index < -0.39 is 18.2 Å². The van der Waals surface area contributed by atoms with E-state index in [1.54, 1.807) is 0 Å². The van der Waals surface area contributed by atoms with Gasteiger partial charge < -0.3 is 19.6 Å². The van der Waals surface area contributed by atoms with Gasteiger partial charge >= 0.3 is 12.1 Å². The molecule has 0 radical (unpaired) electrons. The van der Waals surface area contributed by atoms with E-state index in [1.807, 2.05) is 48.5 Å². The third-order valence-electron chi connectivity index (χ3n) is 4.88. The molecule has 0 saturated carbocycles. The molecule has 0 aliphatic heterocycles. The summed E-state index contributed by atoms with van der Waals surface area (Å²) in [7, 11) is 0. The lowest BCUT2D eigenvalue weighted by Crippen LogP contribution is -2.25. The van der Waals surface area contributed by atoms with Crippen LogP contribution in [0.4, 0.5) is 4.79 Å². The number of carbonyl (C=O) groups excluding carboxylic acids is 1. The monoisotopic (exact) mass is 433 g/mol. The lowest BCUT2D eigenvalue weighted by Gasteiger charge is -2.15. The van der Waals surface area contributed by atoms with Crippen LogP contribution < -0.4 is 5.32 Å². The number of rotatable bonds is 5. The van der Waals surface area contributed by atoms with Crippen molar-refractivity contribution in [2.45, 2.75) is 12.6 Å². The number of thiazole rings is 1. The van der Waals surface area contributed by atoms with Gasteiger partial charge in [0.05, 0.1) is 6.54 Å². The topological polar surface area (TPSA) is 115 Å². The van der Waals surface area contributed by atoms with Gasteiger partial charge in [-0.3, -0.25) is 0 Å². The van der Waals surface area contributed by atoms with Crippen molar-refractivity contribution in [1.82, 2.24) is 15.3 Å². The second-order valence-corrected chi connectivity index (χ2v) is 7.64. The van der Waals surface area contributed by atoms with E-state index in [0.717, 1.165) is 33.6 Å². The Morgan fingerprint density at radius 3 is 2.39 bits per heavy atom. The second kappa shape index (κ2) is 7.69. The van der Waals surface area contributed by atoms with Crippen molar-refractivity contribution in [3.63, 3.8) is 0 Å². The number of alkyl carbamates (subject to hydrolysis) is 1. The van der Waals surface area contributed by atoms with E-state index in [4.69, 9.17) is 14.3 Å². The number of amides is 1. The Balaban J connectivity index is 1.26. The van der Waals surface area contributed by atoms with Gasteiger partial charge in [0.25, 0.3) is 0 Å². The van der Waals surface area contributed by atoms with Crippen molar-refractivity contribution < 1.29 is 23.8 Å². The van der Waals surface area contributed by atoms with E-state index in [1.165, 1.54) is 11.6 Å². The SMILES string of the molecule is O=C(NCc1nc(-c2nc(C(=O)O)cs2)co1)OC1c2ccccc2-c2ccccc21. The second-order valence-electron chi connectivity index (χ2n) is 6.78. The molecule has 9 heteroatoms. The lowest BCUT2D eigenvalue weighted by atomic mass is 10.1. The summed E-state index contributed by atoms with van der Waals surface area (Å²) in [5, 5.41) is 13.5. The van der Waals surface area contributed by atoms with E-state index in [2.05, 4.69) is 15.3 Å². The number of carboxylic acid groups (broad SMARTS) is 1. The first-order valence-corrected chi connectivity index (χ1v) is 10.2. The highest BCUT2D eigenvalue weighted by atomic mass is 32.1. The van der Waals surface area contributed by atoms with Crippen LogP contribution in [0.25, 0.3) is 21.8 Å². The summed E-state index contributed by atoms with van der Waals surface area (Å²) in [5.41, 5.74) is 4.34. The standard InChI is InChI=1S/C22H15N3O5S/c26-21(27)17-11-31-20(25-17)16-10-29-18(24-16)9-23-22(28)30-19-14-7-3-1-5-12(14)13-6-2-4-8-15(13)19/h1-8,10-11,19H,9H2,(H,23,28)(H,26,27). The number of ether oxygens (including phenoxy) is 1. The van der Waals surface area contributed by atoms with Crippen LogP contribution in [0.5, 0.6) is 0 Å². The molecule has 31 heavy (non-hydrogen) atoms. The van der Waals surface area contributed by atoms with Crippen LogP contribution in [0, 0.1) is 0 Å². The summed E-state index contributed by atoms with van der Waals surface area (Å²) in [6.45, 7) is 0.0199. The fourth-order valence-electron chi connectivity index (χ4n) is 3.51. The quantitative estimate of drug-likeness (QED) is 0.476. The average Bonchev–Trinajstić information content (AvgIpc) is 3.51. The Morgan fingerprint density at radius 2 is 1.74 bits per heavy atom. The molecule has 2 aromatic heterocycles. The zero-order chi connectivity index (χ0) is 21.4. The number of carboxylic acids is 1. The predicted octanol–water partition coefficient (Wildman–Crippen LogP) is 4.49. The summed E-state index contributed by atoms with van der Waals surface area (Å²) >= 11 is 1.15. The van der Waals surface area contributed by atoms with Crippen molar-refractivity contribution >= 4 is 23.4 Å². The molecule has 0 spiro atoms. The van der Waals surface area contributed by atoms with Gasteiger partial charge in [-0.25, -0.2) is 19.6 Å². The molecule has 0 fully saturated rings. The highest BCUT2D eigenvalue weighted by molar-refractivity contribution is 7.13. The van der Waals surface area contributed by atoms with Crippen molar-refractivity contribution in [2.24, 2.45) is 0 Å². The number of fused-ring (bicyclic) bond motifs is 3. The third kappa shape index (κ3) is 3.55. The number of hydrogen-bond acceptors (Lipinski definition) is 7. The van der Waals surface area contributed by atoms with Crippen LogP contribution in [0.15, 0.2) is 64.6 Å². The maximum Gasteiger partial charge on any atom is 0.408 e. The minimum absolute atomic E-state index is 0.0199.